The summed E-state index contributed by atoms with van der Waals surface area (Å²) in [5.41, 5.74) is 3.22. The van der Waals surface area contributed by atoms with Crippen LogP contribution in [-0.4, -0.2) is 42.3 Å². The molecule has 158 valence electrons. The minimum Gasteiger partial charge on any atom is -0.316 e. The van der Waals surface area contributed by atoms with Gasteiger partial charge in [-0.25, -0.2) is 8.42 Å². The number of thioether (sulfide) groups is 1. The van der Waals surface area contributed by atoms with Crippen molar-refractivity contribution in [1.82, 2.24) is 0 Å². The normalized spacial score (nSPS) is 23.8. The first kappa shape index (κ1) is 21.1. The van der Waals surface area contributed by atoms with Crippen molar-refractivity contribution >= 4 is 38.4 Å². The van der Waals surface area contributed by atoms with Gasteiger partial charge in [0, 0.05) is 17.4 Å². The van der Waals surface area contributed by atoms with E-state index in [1.54, 1.807) is 0 Å². The lowest BCUT2D eigenvalue weighted by Gasteiger charge is -2.25. The van der Waals surface area contributed by atoms with Crippen molar-refractivity contribution in [3.05, 3.63) is 65.7 Å². The molecule has 7 heteroatoms. The number of fused-ring (bicyclic) bond motifs is 1. The van der Waals surface area contributed by atoms with Crippen molar-refractivity contribution in [3.8, 4) is 0 Å². The van der Waals surface area contributed by atoms with E-state index in [4.69, 9.17) is 0 Å². The van der Waals surface area contributed by atoms with Gasteiger partial charge in [-0.2, -0.15) is 4.99 Å². The summed E-state index contributed by atoms with van der Waals surface area (Å²) in [5.74, 6) is 0.487. The van der Waals surface area contributed by atoms with Crippen molar-refractivity contribution in [2.24, 2.45) is 4.99 Å². The predicted molar refractivity (Wildman–Crippen MR) is 124 cm³/mol. The molecule has 0 bridgehead atoms. The van der Waals surface area contributed by atoms with E-state index in [0.717, 1.165) is 11.3 Å². The molecule has 2 aliphatic rings. The second kappa shape index (κ2) is 8.55. The van der Waals surface area contributed by atoms with Crippen LogP contribution in [0.3, 0.4) is 0 Å². The van der Waals surface area contributed by atoms with Gasteiger partial charge in [0.1, 0.15) is 0 Å². The van der Waals surface area contributed by atoms with Gasteiger partial charge in [-0.05, 0) is 35.6 Å². The number of aliphatic imine (C=N–C) groups is 1. The van der Waals surface area contributed by atoms with Gasteiger partial charge in [0.15, 0.2) is 15.0 Å². The third-order valence-electron chi connectivity index (χ3n) is 5.60. The van der Waals surface area contributed by atoms with Gasteiger partial charge in [-0.1, -0.05) is 68.1 Å². The zero-order valence-electron chi connectivity index (χ0n) is 17.2. The summed E-state index contributed by atoms with van der Waals surface area (Å²) in [6, 6.07) is 17.9. The Morgan fingerprint density at radius 3 is 2.47 bits per heavy atom. The van der Waals surface area contributed by atoms with Crippen LogP contribution < -0.4 is 4.90 Å². The van der Waals surface area contributed by atoms with E-state index >= 15 is 0 Å². The molecule has 0 unspecified atom stereocenters. The van der Waals surface area contributed by atoms with E-state index in [0.29, 0.717) is 23.9 Å². The van der Waals surface area contributed by atoms with Crippen LogP contribution in [0, 0.1) is 0 Å². The Hall–Kier alpha value is -2.12. The summed E-state index contributed by atoms with van der Waals surface area (Å²) in [6.07, 6.45) is 0.979. The molecule has 5 nitrogen and oxygen atoms in total. The largest absolute Gasteiger partial charge is 0.316 e. The Kier molecular flexibility index (Phi) is 6.02. The van der Waals surface area contributed by atoms with Crippen LogP contribution in [0.5, 0.6) is 0 Å². The van der Waals surface area contributed by atoms with Gasteiger partial charge < -0.3 is 4.90 Å². The SMILES string of the molecule is CC(C)c1ccc(N2C(=NC(=O)CCc3ccccc3)S[C@H]3CS(=O)(=O)C[C@H]32)cc1. The summed E-state index contributed by atoms with van der Waals surface area (Å²) < 4.78 is 24.4. The molecule has 2 aliphatic heterocycles. The van der Waals surface area contributed by atoms with Crippen molar-refractivity contribution in [2.75, 3.05) is 16.4 Å². The summed E-state index contributed by atoms with van der Waals surface area (Å²) in [4.78, 5) is 19.0. The predicted octanol–water partition coefficient (Wildman–Crippen LogP) is 4.04. The van der Waals surface area contributed by atoms with Crippen LogP contribution in [-0.2, 0) is 21.1 Å². The van der Waals surface area contributed by atoms with Crippen molar-refractivity contribution in [2.45, 2.75) is 43.9 Å². The van der Waals surface area contributed by atoms with Gasteiger partial charge >= 0.3 is 0 Å². The number of rotatable bonds is 5. The smallest absolute Gasteiger partial charge is 0.248 e. The number of sulfone groups is 1. The quantitative estimate of drug-likeness (QED) is 0.699. The van der Waals surface area contributed by atoms with Crippen LogP contribution in [0.15, 0.2) is 59.6 Å². The number of amidine groups is 1. The lowest BCUT2D eigenvalue weighted by atomic mass is 10.0. The van der Waals surface area contributed by atoms with E-state index in [9.17, 15) is 13.2 Å². The van der Waals surface area contributed by atoms with Gasteiger partial charge in [0.25, 0.3) is 0 Å². The summed E-state index contributed by atoms with van der Waals surface area (Å²) in [5, 5.41) is 0.538. The number of aryl methyl sites for hydroxylation is 1. The minimum absolute atomic E-state index is 0.0829. The van der Waals surface area contributed by atoms with Crippen molar-refractivity contribution in [3.63, 3.8) is 0 Å². The molecule has 2 aromatic carbocycles. The minimum atomic E-state index is -3.07. The molecule has 0 aromatic heterocycles. The Balaban J connectivity index is 1.57. The number of carbonyl (C=O) groups is 1. The molecule has 30 heavy (non-hydrogen) atoms. The third-order valence-corrected chi connectivity index (χ3v) is 8.80. The van der Waals surface area contributed by atoms with Gasteiger partial charge in [-0.15, -0.1) is 0 Å². The molecule has 0 saturated carbocycles. The first-order chi connectivity index (χ1) is 14.3. The highest BCUT2D eigenvalue weighted by Crippen LogP contribution is 2.41. The van der Waals surface area contributed by atoms with Crippen LogP contribution in [0.25, 0.3) is 0 Å². The summed E-state index contributed by atoms with van der Waals surface area (Å²) in [6.45, 7) is 4.27. The van der Waals surface area contributed by atoms with E-state index < -0.39 is 9.84 Å². The average molecular weight is 443 g/mol. The highest BCUT2D eigenvalue weighted by atomic mass is 32.2. The fourth-order valence-electron chi connectivity index (χ4n) is 3.94. The Labute approximate surface area is 182 Å². The molecule has 2 heterocycles. The van der Waals surface area contributed by atoms with Crippen LogP contribution >= 0.6 is 11.8 Å². The van der Waals surface area contributed by atoms with Crippen molar-refractivity contribution in [1.29, 1.82) is 0 Å². The standard InChI is InChI=1S/C23H26N2O3S2/c1-16(2)18-9-11-19(12-10-18)25-20-14-30(27,28)15-21(20)29-23(25)24-22(26)13-8-17-6-4-3-5-7-17/h3-7,9-12,16,20-21H,8,13-15H2,1-2H3/t20-,21+/m1/s1. The molecular formula is C23H26N2O3S2. The number of benzene rings is 2. The number of hydrogen-bond acceptors (Lipinski definition) is 4. The van der Waals surface area contributed by atoms with Gasteiger partial charge in [0.05, 0.1) is 17.5 Å². The van der Waals surface area contributed by atoms with Crippen LogP contribution in [0.1, 0.15) is 37.3 Å². The Morgan fingerprint density at radius 1 is 1.10 bits per heavy atom. The second-order valence-corrected chi connectivity index (χ2v) is 11.6. The maximum atomic E-state index is 12.6. The molecule has 0 radical (unpaired) electrons. The van der Waals surface area contributed by atoms with E-state index in [2.05, 4.69) is 31.0 Å². The number of carbonyl (C=O) groups excluding carboxylic acids is 1. The zero-order chi connectivity index (χ0) is 21.3. The fraction of sp³-hybridized carbons (Fsp3) is 0.391. The molecule has 0 spiro atoms. The summed E-state index contributed by atoms with van der Waals surface area (Å²) in [7, 11) is -3.07. The molecule has 2 fully saturated rings. The maximum absolute atomic E-state index is 12.6. The number of amides is 1. The van der Waals surface area contributed by atoms with Crippen LogP contribution in [0.4, 0.5) is 5.69 Å². The number of nitrogens with zero attached hydrogens (tertiary/aromatic N) is 2. The molecule has 1 amide bonds. The second-order valence-electron chi connectivity index (χ2n) is 8.19. The van der Waals surface area contributed by atoms with E-state index in [1.807, 2.05) is 47.4 Å². The molecule has 0 N–H and O–H groups in total. The third kappa shape index (κ3) is 4.62. The molecule has 2 aromatic rings. The molecule has 2 saturated heterocycles. The number of anilines is 1. The summed E-state index contributed by atoms with van der Waals surface area (Å²) >= 11 is 1.42. The Morgan fingerprint density at radius 2 is 1.80 bits per heavy atom. The van der Waals surface area contributed by atoms with E-state index in [1.165, 1.54) is 17.3 Å². The number of hydrogen-bond donors (Lipinski definition) is 0. The monoisotopic (exact) mass is 442 g/mol. The highest BCUT2D eigenvalue weighted by molar-refractivity contribution is 8.16. The first-order valence-electron chi connectivity index (χ1n) is 10.2. The van der Waals surface area contributed by atoms with Gasteiger partial charge in [-0.3, -0.25) is 4.79 Å². The highest BCUT2D eigenvalue weighted by Gasteiger charge is 2.49. The topological polar surface area (TPSA) is 66.8 Å². The molecular weight excluding hydrogens is 416 g/mol. The first-order valence-corrected chi connectivity index (χ1v) is 12.9. The maximum Gasteiger partial charge on any atom is 0.248 e. The zero-order valence-corrected chi connectivity index (χ0v) is 18.8. The lowest BCUT2D eigenvalue weighted by Crippen LogP contribution is -2.37. The lowest BCUT2D eigenvalue weighted by molar-refractivity contribution is -0.117. The van der Waals surface area contributed by atoms with Gasteiger partial charge in [0.2, 0.25) is 5.91 Å². The van der Waals surface area contributed by atoms with E-state index in [-0.39, 0.29) is 28.7 Å². The molecule has 2 atom stereocenters. The average Bonchev–Trinajstić information content (AvgIpc) is 3.18. The Bertz CT molecular complexity index is 1050. The molecule has 0 aliphatic carbocycles. The fourth-order valence-corrected chi connectivity index (χ4v) is 7.88. The van der Waals surface area contributed by atoms with Crippen molar-refractivity contribution < 1.29 is 13.2 Å². The van der Waals surface area contributed by atoms with Crippen LogP contribution in [0.2, 0.25) is 0 Å². The molecule has 4 rings (SSSR count).